The molecular formula is C20H19F3N5O3+. The highest BCUT2D eigenvalue weighted by Gasteiger charge is 2.42. The molecular weight excluding hydrogens is 415 g/mol. The van der Waals surface area contributed by atoms with E-state index < -0.39 is 22.9 Å². The van der Waals surface area contributed by atoms with Gasteiger partial charge in [0, 0.05) is 36.5 Å². The molecule has 0 radical (unpaired) electrons. The number of primary amides is 1. The van der Waals surface area contributed by atoms with Crippen LogP contribution in [-0.4, -0.2) is 32.2 Å². The molecule has 1 fully saturated rings. The highest BCUT2D eigenvalue weighted by molar-refractivity contribution is 5.92. The lowest BCUT2D eigenvalue weighted by molar-refractivity contribution is -0.114. The minimum atomic E-state index is -2.98. The molecule has 2 aromatic carbocycles. The summed E-state index contributed by atoms with van der Waals surface area (Å²) in [6.45, 7) is -1.19. The molecule has 0 bridgehead atoms. The first kappa shape index (κ1) is 21.0. The molecule has 3 N–H and O–H groups in total. The molecule has 1 saturated heterocycles. The summed E-state index contributed by atoms with van der Waals surface area (Å²) >= 11 is 0. The highest BCUT2D eigenvalue weighted by atomic mass is 19.3. The second-order valence-electron chi connectivity index (χ2n) is 6.90. The van der Waals surface area contributed by atoms with Crippen molar-refractivity contribution in [1.29, 1.82) is 0 Å². The van der Waals surface area contributed by atoms with E-state index in [1.165, 1.54) is 42.6 Å². The summed E-state index contributed by atoms with van der Waals surface area (Å²) < 4.78 is 49.6. The number of morpholine rings is 1. The Kier molecular flexibility index (Phi) is 5.72. The van der Waals surface area contributed by atoms with Gasteiger partial charge in [0.15, 0.2) is 17.7 Å². The summed E-state index contributed by atoms with van der Waals surface area (Å²) in [5, 5.41) is 11.1. The van der Waals surface area contributed by atoms with Crippen molar-refractivity contribution < 1.29 is 27.4 Å². The van der Waals surface area contributed by atoms with Crippen molar-refractivity contribution >= 4 is 17.3 Å². The van der Waals surface area contributed by atoms with Gasteiger partial charge in [0.25, 0.3) is 5.91 Å². The average Bonchev–Trinajstić information content (AvgIpc) is 3.21. The zero-order chi connectivity index (χ0) is 22.0. The van der Waals surface area contributed by atoms with Crippen LogP contribution in [0.2, 0.25) is 0 Å². The topological polar surface area (TPSA) is 98.3 Å². The summed E-state index contributed by atoms with van der Waals surface area (Å²) in [7, 11) is 0. The third-order valence-corrected chi connectivity index (χ3v) is 4.95. The number of nitrogens with two attached hydrogens (primary N) is 1. The van der Waals surface area contributed by atoms with Crippen LogP contribution < -0.4 is 20.4 Å². The fourth-order valence-corrected chi connectivity index (χ4v) is 3.48. The van der Waals surface area contributed by atoms with Gasteiger partial charge in [-0.1, -0.05) is 15.8 Å². The van der Waals surface area contributed by atoms with Crippen LogP contribution in [0.25, 0.3) is 0 Å². The maximum Gasteiger partial charge on any atom is 0.387 e. The van der Waals surface area contributed by atoms with Gasteiger partial charge in [-0.2, -0.15) is 8.78 Å². The van der Waals surface area contributed by atoms with Gasteiger partial charge in [-0.25, -0.2) is 4.39 Å². The van der Waals surface area contributed by atoms with E-state index >= 15 is 4.39 Å². The van der Waals surface area contributed by atoms with E-state index in [0.29, 0.717) is 24.4 Å². The molecule has 8 nitrogen and oxygen atoms in total. The predicted octanol–water partition coefficient (Wildman–Crippen LogP) is 3.43. The third kappa shape index (κ3) is 4.15. The molecule has 2 heterocycles. The Bertz CT molecular complexity index is 1040. The molecule has 31 heavy (non-hydrogen) atoms. The zero-order valence-corrected chi connectivity index (χ0v) is 16.2. The van der Waals surface area contributed by atoms with Crippen LogP contribution >= 0.6 is 0 Å². The molecule has 4 rings (SSSR count). The normalized spacial score (nSPS) is 23.1. The number of alkyl halides is 2. The molecule has 11 heteroatoms. The number of nitrogens with one attached hydrogen (secondary N) is 1. The smallest absolute Gasteiger partial charge is 0.387 e. The molecule has 2 aliphatic heterocycles. The molecule has 2 aliphatic rings. The molecule has 162 valence electrons. The summed E-state index contributed by atoms with van der Waals surface area (Å²) in [5.41, 5.74) is 6.21. The molecule has 2 atom stereocenters. The van der Waals surface area contributed by atoms with Crippen LogP contribution in [0.3, 0.4) is 0 Å². The van der Waals surface area contributed by atoms with E-state index in [9.17, 15) is 13.6 Å². The molecule has 0 saturated carbocycles. The van der Waals surface area contributed by atoms with E-state index in [1.54, 1.807) is 6.07 Å². The first-order chi connectivity index (χ1) is 14.9. The quantitative estimate of drug-likeness (QED) is 0.681. The Morgan fingerprint density at radius 1 is 1.26 bits per heavy atom. The average molecular weight is 434 g/mol. The number of nitrogens with zero attached hydrogens (tertiary/aromatic N) is 3. The number of amides is 1. The molecule has 0 aliphatic carbocycles. The standard InChI is InChI=1S/C20H18F3N5O3/c21-15-9-12(18-10-25-7-8-30-18)1-6-17(15)28(11-16(19(24)29)26-27-28)13-2-4-14(5-3-13)31-20(22)23/h1-6,9,11,18,20,25H,7-8,10H2,(H-,24,29)/p+1/t18?,28-/m0/s1. The molecule has 0 spiro atoms. The number of carbonyl (C=O) groups excluding carboxylic acids is 1. The maximum absolute atomic E-state index is 15.3. The Balaban J connectivity index is 1.76. The van der Waals surface area contributed by atoms with Gasteiger partial charge in [-0.15, -0.1) is 0 Å². The number of rotatable bonds is 6. The zero-order valence-electron chi connectivity index (χ0n) is 16.2. The monoisotopic (exact) mass is 434 g/mol. The van der Waals surface area contributed by atoms with Gasteiger partial charge in [0.1, 0.15) is 5.75 Å². The third-order valence-electron chi connectivity index (χ3n) is 4.95. The van der Waals surface area contributed by atoms with Crippen molar-refractivity contribution in [3.05, 3.63) is 65.7 Å². The van der Waals surface area contributed by atoms with Crippen LogP contribution in [0.5, 0.6) is 5.75 Å². The largest absolute Gasteiger partial charge is 0.435 e. The van der Waals surface area contributed by atoms with E-state index in [0.717, 1.165) is 6.54 Å². The SMILES string of the molecule is NC(=O)C1=C[N@+](c2ccc(OC(F)F)cc2)(c2ccc(C3CNCCO3)cc2F)N=N1. The van der Waals surface area contributed by atoms with E-state index in [2.05, 4.69) is 20.4 Å². The summed E-state index contributed by atoms with van der Waals surface area (Å²) in [6.07, 6.45) is 0.996. The second-order valence-corrected chi connectivity index (χ2v) is 6.90. The van der Waals surface area contributed by atoms with E-state index in [-0.39, 0.29) is 23.2 Å². The fourth-order valence-electron chi connectivity index (χ4n) is 3.48. The summed E-state index contributed by atoms with van der Waals surface area (Å²) in [4.78, 5) is 11.6. The predicted molar refractivity (Wildman–Crippen MR) is 105 cm³/mol. The van der Waals surface area contributed by atoms with Crippen LogP contribution in [0.4, 0.5) is 24.5 Å². The van der Waals surface area contributed by atoms with Gasteiger partial charge in [0.2, 0.25) is 11.4 Å². The van der Waals surface area contributed by atoms with Crippen LogP contribution in [0.15, 0.2) is 64.7 Å². The molecule has 0 aromatic heterocycles. The van der Waals surface area contributed by atoms with Gasteiger partial charge >= 0.3 is 6.61 Å². The van der Waals surface area contributed by atoms with Gasteiger partial charge < -0.3 is 20.5 Å². The van der Waals surface area contributed by atoms with Crippen LogP contribution in [-0.2, 0) is 9.53 Å². The second kappa shape index (κ2) is 8.46. The first-order valence-electron chi connectivity index (χ1n) is 9.41. The minimum Gasteiger partial charge on any atom is -0.435 e. The highest BCUT2D eigenvalue weighted by Crippen LogP contribution is 2.43. The number of quaternary nitrogens is 1. The molecule has 1 unspecified atom stereocenters. The number of hydrogen-bond donors (Lipinski definition) is 2. The number of benzene rings is 2. The van der Waals surface area contributed by atoms with Crippen LogP contribution in [0, 0.1) is 5.82 Å². The lowest BCUT2D eigenvalue weighted by Crippen LogP contribution is -2.34. The number of carbonyl (C=O) groups is 1. The van der Waals surface area contributed by atoms with Crippen molar-refractivity contribution in [2.45, 2.75) is 12.7 Å². The number of hydrogen-bond acceptors (Lipinski definition) is 6. The number of ether oxygens (including phenoxy) is 2. The van der Waals surface area contributed by atoms with Gasteiger partial charge in [-0.05, 0) is 23.8 Å². The van der Waals surface area contributed by atoms with Crippen molar-refractivity contribution in [3.8, 4) is 5.75 Å². The van der Waals surface area contributed by atoms with Crippen molar-refractivity contribution in [2.75, 3.05) is 19.7 Å². The number of halogens is 3. The fraction of sp³-hybridized carbons (Fsp3) is 0.250. The Morgan fingerprint density at radius 3 is 2.61 bits per heavy atom. The van der Waals surface area contributed by atoms with E-state index in [4.69, 9.17) is 10.5 Å². The van der Waals surface area contributed by atoms with Gasteiger partial charge in [0.05, 0.1) is 12.7 Å². The van der Waals surface area contributed by atoms with Crippen LogP contribution in [0.1, 0.15) is 11.7 Å². The Morgan fingerprint density at radius 2 is 2.03 bits per heavy atom. The van der Waals surface area contributed by atoms with Gasteiger partial charge in [-0.3, -0.25) is 4.79 Å². The van der Waals surface area contributed by atoms with E-state index in [1.807, 2.05) is 0 Å². The van der Waals surface area contributed by atoms with Crippen molar-refractivity contribution in [3.63, 3.8) is 0 Å². The Labute approximate surface area is 175 Å². The lowest BCUT2D eigenvalue weighted by atomic mass is 10.1. The minimum absolute atomic E-state index is 0.0649. The molecule has 1 amide bonds. The lowest BCUT2D eigenvalue weighted by Gasteiger charge is -2.26. The Hall–Kier alpha value is -3.28. The molecule has 2 aromatic rings. The maximum atomic E-state index is 15.3. The van der Waals surface area contributed by atoms with Crippen molar-refractivity contribution in [2.24, 2.45) is 16.1 Å². The van der Waals surface area contributed by atoms with Crippen molar-refractivity contribution in [1.82, 2.24) is 9.91 Å². The first-order valence-corrected chi connectivity index (χ1v) is 9.41. The summed E-state index contributed by atoms with van der Waals surface area (Å²) in [6, 6.07) is 10.0. The summed E-state index contributed by atoms with van der Waals surface area (Å²) in [5.74, 6) is -1.52.